The van der Waals surface area contributed by atoms with Gasteiger partial charge in [-0.2, -0.15) is 0 Å². The second-order valence-electron chi connectivity index (χ2n) is 5.74. The van der Waals surface area contributed by atoms with Gasteiger partial charge in [0.25, 0.3) is 0 Å². The van der Waals surface area contributed by atoms with Crippen molar-refractivity contribution in [1.82, 2.24) is 4.72 Å². The molecule has 136 valence electrons. The van der Waals surface area contributed by atoms with Crippen LogP contribution in [-0.2, 0) is 14.8 Å². The van der Waals surface area contributed by atoms with Crippen molar-refractivity contribution in [3.8, 4) is 0 Å². The molecule has 0 spiro atoms. The average molecular weight is 358 g/mol. The van der Waals surface area contributed by atoms with Gasteiger partial charge in [-0.15, -0.1) is 0 Å². The Hall–Kier alpha value is -1.64. The summed E-state index contributed by atoms with van der Waals surface area (Å²) in [7, 11) is -3.72. The van der Waals surface area contributed by atoms with Gasteiger partial charge < -0.3 is 15.2 Å². The van der Waals surface area contributed by atoms with Crippen molar-refractivity contribution in [1.29, 1.82) is 0 Å². The van der Waals surface area contributed by atoms with Gasteiger partial charge in [-0.1, -0.05) is 13.8 Å². The molecule has 0 aliphatic rings. The first-order valence-electron chi connectivity index (χ1n) is 7.96. The number of sulfonamides is 1. The standard InChI is InChI=1S/C16H26N2O5S/c1-4-23-9-5-8-17-15-7-6-13(10-14(15)16(19)20)24(21,22)18-11-12(2)3/h6-7,10,12,17-18H,4-5,8-9,11H2,1-3H3,(H,19,20). The van der Waals surface area contributed by atoms with Crippen LogP contribution >= 0.6 is 0 Å². The molecule has 0 atom stereocenters. The van der Waals surface area contributed by atoms with Crippen LogP contribution in [0, 0.1) is 5.92 Å². The van der Waals surface area contributed by atoms with E-state index in [1.54, 1.807) is 0 Å². The molecule has 0 saturated carbocycles. The number of aromatic carboxylic acids is 1. The number of hydrogen-bond donors (Lipinski definition) is 3. The van der Waals surface area contributed by atoms with Crippen molar-refractivity contribution >= 4 is 21.7 Å². The summed E-state index contributed by atoms with van der Waals surface area (Å²) < 4.78 is 32.1. The van der Waals surface area contributed by atoms with E-state index in [9.17, 15) is 18.3 Å². The molecule has 24 heavy (non-hydrogen) atoms. The number of nitrogens with one attached hydrogen (secondary N) is 2. The minimum Gasteiger partial charge on any atom is -0.478 e. The maximum absolute atomic E-state index is 12.2. The van der Waals surface area contributed by atoms with Gasteiger partial charge in [0.15, 0.2) is 0 Å². The van der Waals surface area contributed by atoms with Gasteiger partial charge in [0, 0.05) is 32.0 Å². The molecule has 1 aromatic carbocycles. The maximum Gasteiger partial charge on any atom is 0.337 e. The van der Waals surface area contributed by atoms with E-state index in [0.29, 0.717) is 32.0 Å². The molecule has 0 unspecified atom stereocenters. The number of carboxylic acids is 1. The van der Waals surface area contributed by atoms with E-state index >= 15 is 0 Å². The van der Waals surface area contributed by atoms with Crippen LogP contribution in [-0.4, -0.2) is 45.8 Å². The number of rotatable bonds is 11. The minimum absolute atomic E-state index is 0.0552. The molecule has 0 aliphatic carbocycles. The number of carboxylic acid groups (broad SMARTS) is 1. The third-order valence-electron chi connectivity index (χ3n) is 3.20. The lowest BCUT2D eigenvalue weighted by Gasteiger charge is -2.13. The summed E-state index contributed by atoms with van der Waals surface area (Å²) >= 11 is 0. The van der Waals surface area contributed by atoms with Crippen LogP contribution in [0.3, 0.4) is 0 Å². The van der Waals surface area contributed by atoms with Gasteiger partial charge in [-0.25, -0.2) is 17.9 Å². The van der Waals surface area contributed by atoms with Crippen molar-refractivity contribution in [3.63, 3.8) is 0 Å². The van der Waals surface area contributed by atoms with E-state index in [0.717, 1.165) is 6.42 Å². The van der Waals surface area contributed by atoms with Crippen LogP contribution in [0.1, 0.15) is 37.6 Å². The zero-order chi connectivity index (χ0) is 18.2. The van der Waals surface area contributed by atoms with E-state index in [4.69, 9.17) is 4.74 Å². The molecule has 3 N–H and O–H groups in total. The second-order valence-corrected chi connectivity index (χ2v) is 7.50. The number of hydrogen-bond acceptors (Lipinski definition) is 5. The molecule has 0 saturated heterocycles. The van der Waals surface area contributed by atoms with Crippen LogP contribution < -0.4 is 10.0 Å². The van der Waals surface area contributed by atoms with Crippen molar-refractivity contribution in [3.05, 3.63) is 23.8 Å². The van der Waals surface area contributed by atoms with Crippen molar-refractivity contribution in [2.24, 2.45) is 5.92 Å². The van der Waals surface area contributed by atoms with E-state index in [-0.39, 0.29) is 16.4 Å². The van der Waals surface area contributed by atoms with E-state index in [1.807, 2.05) is 20.8 Å². The first-order valence-corrected chi connectivity index (χ1v) is 9.45. The lowest BCUT2D eigenvalue weighted by atomic mass is 10.2. The summed E-state index contributed by atoms with van der Waals surface area (Å²) in [4.78, 5) is 11.4. The predicted octanol–water partition coefficient (Wildman–Crippen LogP) is 2.16. The Morgan fingerprint density at radius 3 is 2.62 bits per heavy atom. The summed E-state index contributed by atoms with van der Waals surface area (Å²) in [5, 5.41) is 12.3. The number of benzene rings is 1. The minimum atomic E-state index is -3.72. The molecule has 0 aliphatic heterocycles. The Labute approximate surface area is 143 Å². The molecular weight excluding hydrogens is 332 g/mol. The molecule has 0 radical (unpaired) electrons. The fourth-order valence-electron chi connectivity index (χ4n) is 1.92. The van der Waals surface area contributed by atoms with E-state index < -0.39 is 16.0 Å². The number of anilines is 1. The largest absolute Gasteiger partial charge is 0.478 e. The zero-order valence-electron chi connectivity index (χ0n) is 14.3. The average Bonchev–Trinajstić information content (AvgIpc) is 2.52. The molecule has 7 nitrogen and oxygen atoms in total. The summed E-state index contributed by atoms with van der Waals surface area (Å²) in [6.45, 7) is 7.73. The SMILES string of the molecule is CCOCCCNc1ccc(S(=O)(=O)NCC(C)C)cc1C(=O)O. The molecule has 8 heteroatoms. The molecule has 1 aromatic rings. The summed E-state index contributed by atoms with van der Waals surface area (Å²) in [5.41, 5.74) is 0.320. The third kappa shape index (κ3) is 6.46. The number of carbonyl (C=O) groups is 1. The Bertz CT molecular complexity index is 644. The number of ether oxygens (including phenoxy) is 1. The van der Waals surface area contributed by atoms with Gasteiger partial charge >= 0.3 is 5.97 Å². The van der Waals surface area contributed by atoms with Crippen LogP contribution in [0.2, 0.25) is 0 Å². The van der Waals surface area contributed by atoms with Gasteiger partial charge in [0.05, 0.1) is 10.5 Å². The highest BCUT2D eigenvalue weighted by Crippen LogP contribution is 2.21. The molecule has 0 bridgehead atoms. The lowest BCUT2D eigenvalue weighted by molar-refractivity contribution is 0.0697. The first kappa shape index (κ1) is 20.4. The van der Waals surface area contributed by atoms with Crippen LogP contribution in [0.5, 0.6) is 0 Å². The highest BCUT2D eigenvalue weighted by atomic mass is 32.2. The fraction of sp³-hybridized carbons (Fsp3) is 0.562. The highest BCUT2D eigenvalue weighted by Gasteiger charge is 2.19. The Balaban J connectivity index is 2.88. The van der Waals surface area contributed by atoms with E-state index in [1.165, 1.54) is 18.2 Å². The van der Waals surface area contributed by atoms with Crippen molar-refractivity contribution in [2.45, 2.75) is 32.1 Å². The van der Waals surface area contributed by atoms with E-state index in [2.05, 4.69) is 10.0 Å². The quantitative estimate of drug-likeness (QED) is 0.524. The smallest absolute Gasteiger partial charge is 0.337 e. The second kappa shape index (κ2) is 9.61. The third-order valence-corrected chi connectivity index (χ3v) is 4.62. The molecule has 0 fully saturated rings. The van der Waals surface area contributed by atoms with Gasteiger partial charge in [0.2, 0.25) is 10.0 Å². The Morgan fingerprint density at radius 2 is 2.04 bits per heavy atom. The van der Waals surface area contributed by atoms with Gasteiger partial charge in [0.1, 0.15) is 0 Å². The molecule has 0 heterocycles. The van der Waals surface area contributed by atoms with Crippen molar-refractivity contribution < 1.29 is 23.1 Å². The normalized spacial score (nSPS) is 11.7. The fourth-order valence-corrected chi connectivity index (χ4v) is 3.16. The summed E-state index contributed by atoms with van der Waals surface area (Å²) in [6.07, 6.45) is 0.725. The topological polar surface area (TPSA) is 105 Å². The Kier molecular flexibility index (Phi) is 8.17. The first-order chi connectivity index (χ1) is 11.3. The van der Waals surface area contributed by atoms with Crippen LogP contribution in [0.4, 0.5) is 5.69 Å². The molecule has 0 aromatic heterocycles. The summed E-state index contributed by atoms with van der Waals surface area (Å²) in [5.74, 6) is -1.02. The lowest BCUT2D eigenvalue weighted by Crippen LogP contribution is -2.27. The van der Waals surface area contributed by atoms with Gasteiger partial charge in [-0.05, 0) is 37.5 Å². The zero-order valence-corrected chi connectivity index (χ0v) is 15.1. The predicted molar refractivity (Wildman–Crippen MR) is 93.0 cm³/mol. The van der Waals surface area contributed by atoms with Crippen LogP contribution in [0.25, 0.3) is 0 Å². The maximum atomic E-state index is 12.2. The van der Waals surface area contributed by atoms with Crippen LogP contribution in [0.15, 0.2) is 23.1 Å². The summed E-state index contributed by atoms with van der Waals surface area (Å²) in [6, 6.07) is 4.06. The van der Waals surface area contributed by atoms with Crippen molar-refractivity contribution in [2.75, 3.05) is 31.6 Å². The molecule has 1 rings (SSSR count). The monoisotopic (exact) mass is 358 g/mol. The molecular formula is C16H26N2O5S. The highest BCUT2D eigenvalue weighted by molar-refractivity contribution is 7.89. The molecule has 0 amide bonds. The Morgan fingerprint density at radius 1 is 1.33 bits per heavy atom. The van der Waals surface area contributed by atoms with Gasteiger partial charge in [-0.3, -0.25) is 0 Å².